The van der Waals surface area contributed by atoms with E-state index in [4.69, 9.17) is 4.74 Å². The molecule has 0 aliphatic carbocycles. The number of carbonyl (C=O) groups is 2. The minimum absolute atomic E-state index is 0.0371. The third-order valence-corrected chi connectivity index (χ3v) is 5.16. The van der Waals surface area contributed by atoms with Gasteiger partial charge in [0.1, 0.15) is 6.54 Å². The Labute approximate surface area is 148 Å². The maximum Gasteiger partial charge on any atom is 0.241 e. The highest BCUT2D eigenvalue weighted by Gasteiger charge is 2.33. The number of carbonyl (C=O) groups excluding carboxylic acids is 2. The lowest BCUT2D eigenvalue weighted by molar-refractivity contribution is -0.136. The summed E-state index contributed by atoms with van der Waals surface area (Å²) < 4.78 is 6.91. The molecular weight excluding hydrogens is 322 g/mol. The molecule has 8 nitrogen and oxygen atoms in total. The van der Waals surface area contributed by atoms with E-state index < -0.39 is 0 Å². The lowest BCUT2D eigenvalue weighted by Gasteiger charge is -2.30. The van der Waals surface area contributed by atoms with Crippen LogP contribution >= 0.6 is 0 Å². The highest BCUT2D eigenvalue weighted by atomic mass is 16.5. The summed E-state index contributed by atoms with van der Waals surface area (Å²) in [6, 6.07) is 2.33. The average Bonchev–Trinajstić information content (AvgIpc) is 3.25. The highest BCUT2D eigenvalue weighted by Crippen LogP contribution is 2.25. The molecule has 8 heteroatoms. The second kappa shape index (κ2) is 8.44. The molecule has 2 aliphatic rings. The van der Waals surface area contributed by atoms with Crippen LogP contribution in [0.3, 0.4) is 0 Å². The summed E-state index contributed by atoms with van der Waals surface area (Å²) in [7, 11) is 2.05. The maximum atomic E-state index is 12.4. The van der Waals surface area contributed by atoms with E-state index in [1.165, 1.54) is 0 Å². The van der Waals surface area contributed by atoms with E-state index in [9.17, 15) is 9.59 Å². The van der Waals surface area contributed by atoms with E-state index in [2.05, 4.69) is 22.4 Å². The van der Waals surface area contributed by atoms with Gasteiger partial charge in [0.2, 0.25) is 11.8 Å². The molecule has 138 valence electrons. The quantitative estimate of drug-likeness (QED) is 0.764. The molecule has 2 aliphatic heterocycles. The Morgan fingerprint density at radius 3 is 2.72 bits per heavy atom. The van der Waals surface area contributed by atoms with Crippen molar-refractivity contribution in [3.05, 3.63) is 18.5 Å². The number of morpholine rings is 1. The van der Waals surface area contributed by atoms with E-state index in [1.54, 1.807) is 23.1 Å². The van der Waals surface area contributed by atoms with Gasteiger partial charge in [-0.2, -0.15) is 5.10 Å². The first-order valence-electron chi connectivity index (χ1n) is 8.95. The van der Waals surface area contributed by atoms with Gasteiger partial charge in [-0.1, -0.05) is 0 Å². The Kier molecular flexibility index (Phi) is 6.04. The van der Waals surface area contributed by atoms with Crippen LogP contribution in [0.25, 0.3) is 0 Å². The van der Waals surface area contributed by atoms with Crippen LogP contribution in [0.2, 0.25) is 0 Å². The topological polar surface area (TPSA) is 79.7 Å². The van der Waals surface area contributed by atoms with Gasteiger partial charge in [-0.15, -0.1) is 0 Å². The fourth-order valence-electron chi connectivity index (χ4n) is 3.55. The maximum absolute atomic E-state index is 12.4. The Morgan fingerprint density at radius 2 is 2.00 bits per heavy atom. The van der Waals surface area contributed by atoms with Crippen molar-refractivity contribution in [1.29, 1.82) is 0 Å². The Morgan fingerprint density at radius 1 is 1.24 bits per heavy atom. The van der Waals surface area contributed by atoms with Gasteiger partial charge in [-0.3, -0.25) is 19.2 Å². The van der Waals surface area contributed by atoms with Gasteiger partial charge in [-0.05, 0) is 26.0 Å². The van der Waals surface area contributed by atoms with E-state index in [0.717, 1.165) is 12.8 Å². The summed E-state index contributed by atoms with van der Waals surface area (Å²) in [5, 5.41) is 7.01. The summed E-state index contributed by atoms with van der Waals surface area (Å²) in [6.07, 6.45) is 5.97. The monoisotopic (exact) mass is 349 g/mol. The number of rotatable bonds is 6. The van der Waals surface area contributed by atoms with Crippen LogP contribution < -0.4 is 5.32 Å². The number of ether oxygens (including phenoxy) is 1. The Balaban J connectivity index is 1.41. The zero-order valence-electron chi connectivity index (χ0n) is 14.8. The summed E-state index contributed by atoms with van der Waals surface area (Å²) in [6.45, 7) is 3.51. The molecule has 0 saturated carbocycles. The minimum Gasteiger partial charge on any atom is -0.378 e. The molecule has 0 spiro atoms. The normalized spacial score (nSPS) is 24.4. The van der Waals surface area contributed by atoms with E-state index in [-0.39, 0.29) is 30.4 Å². The summed E-state index contributed by atoms with van der Waals surface area (Å²) in [5.41, 5.74) is 0. The number of likely N-dealkylation sites (N-methyl/N-ethyl adjacent to an activating group) is 1. The third kappa shape index (κ3) is 4.79. The Bertz CT molecular complexity index is 571. The van der Waals surface area contributed by atoms with Crippen LogP contribution in [0.15, 0.2) is 18.5 Å². The van der Waals surface area contributed by atoms with Gasteiger partial charge in [0.05, 0.1) is 13.2 Å². The molecule has 0 radical (unpaired) electrons. The van der Waals surface area contributed by atoms with Crippen LogP contribution in [0.1, 0.15) is 19.3 Å². The average molecular weight is 349 g/mol. The molecule has 0 aromatic carbocycles. The van der Waals surface area contributed by atoms with Crippen molar-refractivity contribution >= 4 is 11.8 Å². The van der Waals surface area contributed by atoms with E-state index in [1.807, 2.05) is 4.90 Å². The number of nitrogens with one attached hydrogen (secondary N) is 1. The van der Waals surface area contributed by atoms with Crippen molar-refractivity contribution in [2.45, 2.75) is 37.9 Å². The smallest absolute Gasteiger partial charge is 0.241 e. The fourth-order valence-corrected chi connectivity index (χ4v) is 3.55. The minimum atomic E-state index is -0.0371. The fraction of sp³-hybridized carbons (Fsp3) is 0.706. The largest absolute Gasteiger partial charge is 0.378 e. The zero-order valence-corrected chi connectivity index (χ0v) is 14.8. The van der Waals surface area contributed by atoms with Crippen LogP contribution in [0.4, 0.5) is 0 Å². The van der Waals surface area contributed by atoms with Gasteiger partial charge in [0.15, 0.2) is 0 Å². The molecular formula is C17H27N5O3. The molecule has 1 N–H and O–H groups in total. The predicted molar refractivity (Wildman–Crippen MR) is 91.8 cm³/mol. The molecule has 2 saturated heterocycles. The molecule has 2 fully saturated rings. The SMILES string of the molecule is CN1[C@@H](CC(=O)N2CCOCC2)CC[C@H]1CNC(=O)Cn1cccn1. The van der Waals surface area contributed by atoms with E-state index in [0.29, 0.717) is 39.3 Å². The third-order valence-electron chi connectivity index (χ3n) is 5.16. The first-order valence-corrected chi connectivity index (χ1v) is 8.95. The van der Waals surface area contributed by atoms with Crippen LogP contribution in [-0.4, -0.2) is 83.4 Å². The summed E-state index contributed by atoms with van der Waals surface area (Å²) in [4.78, 5) is 28.5. The second-order valence-corrected chi connectivity index (χ2v) is 6.76. The number of hydrogen-bond acceptors (Lipinski definition) is 5. The van der Waals surface area contributed by atoms with Crippen LogP contribution in [0, 0.1) is 0 Å². The van der Waals surface area contributed by atoms with Gasteiger partial charge >= 0.3 is 0 Å². The number of amides is 2. The second-order valence-electron chi connectivity index (χ2n) is 6.76. The summed E-state index contributed by atoms with van der Waals surface area (Å²) >= 11 is 0. The Hall–Kier alpha value is -1.93. The van der Waals surface area contributed by atoms with Gasteiger partial charge < -0.3 is 15.0 Å². The van der Waals surface area contributed by atoms with E-state index >= 15 is 0 Å². The molecule has 0 bridgehead atoms. The molecule has 1 aromatic rings. The molecule has 3 rings (SSSR count). The number of hydrogen-bond donors (Lipinski definition) is 1. The van der Waals surface area contributed by atoms with Crippen molar-refractivity contribution in [3.63, 3.8) is 0 Å². The number of aromatic nitrogens is 2. The lowest BCUT2D eigenvalue weighted by Crippen LogP contribution is -2.45. The molecule has 25 heavy (non-hydrogen) atoms. The van der Waals surface area contributed by atoms with Crippen molar-refractivity contribution < 1.29 is 14.3 Å². The molecule has 3 heterocycles. The number of likely N-dealkylation sites (tertiary alicyclic amines) is 1. The van der Waals surface area contributed by atoms with Gasteiger partial charge in [0.25, 0.3) is 0 Å². The predicted octanol–water partition coefficient (Wildman–Crippen LogP) is -0.289. The zero-order chi connectivity index (χ0) is 17.6. The molecule has 0 unspecified atom stereocenters. The van der Waals surface area contributed by atoms with Crippen molar-refractivity contribution in [2.75, 3.05) is 39.9 Å². The lowest BCUT2D eigenvalue weighted by atomic mass is 10.1. The standard InChI is InChI=1S/C17H27N5O3/c1-20-14(11-17(24)21-7-9-25-10-8-21)3-4-15(20)12-18-16(23)13-22-6-2-5-19-22/h2,5-6,14-15H,3-4,7-13H2,1H3,(H,18,23)/t14-,15+/m1/s1. The van der Waals surface area contributed by atoms with Gasteiger partial charge in [0, 0.05) is 50.5 Å². The van der Waals surface area contributed by atoms with Crippen molar-refractivity contribution in [1.82, 2.24) is 24.9 Å². The first kappa shape index (κ1) is 17.9. The van der Waals surface area contributed by atoms with Crippen LogP contribution in [-0.2, 0) is 20.9 Å². The molecule has 2 atom stereocenters. The highest BCUT2D eigenvalue weighted by molar-refractivity contribution is 5.77. The molecule has 2 amide bonds. The van der Waals surface area contributed by atoms with Crippen LogP contribution in [0.5, 0.6) is 0 Å². The van der Waals surface area contributed by atoms with Gasteiger partial charge in [-0.25, -0.2) is 0 Å². The summed E-state index contributed by atoms with van der Waals surface area (Å²) in [5.74, 6) is 0.175. The van der Waals surface area contributed by atoms with Crippen molar-refractivity contribution in [2.24, 2.45) is 0 Å². The van der Waals surface area contributed by atoms with Crippen molar-refractivity contribution in [3.8, 4) is 0 Å². The first-order chi connectivity index (χ1) is 12.1. The molecule has 1 aromatic heterocycles. The number of nitrogens with zero attached hydrogens (tertiary/aromatic N) is 4.